The van der Waals surface area contributed by atoms with Crippen LogP contribution in [-0.2, 0) is 4.79 Å². The minimum Gasteiger partial charge on any atom is -0.497 e. The van der Waals surface area contributed by atoms with Crippen molar-refractivity contribution < 1.29 is 14.3 Å². The van der Waals surface area contributed by atoms with Crippen molar-refractivity contribution in [1.29, 1.82) is 0 Å². The summed E-state index contributed by atoms with van der Waals surface area (Å²) in [5.41, 5.74) is 2.73. The van der Waals surface area contributed by atoms with E-state index in [0.29, 0.717) is 29.8 Å². The number of hydrogen-bond donors (Lipinski definition) is 0. The van der Waals surface area contributed by atoms with Gasteiger partial charge in [0, 0.05) is 54.2 Å². The SMILES string of the molecule is COc1ccc(N2CCN(C(=O)COc3cc(C)nc(-c4ccc(Cl)cc4)n3)CC2)cc1. The lowest BCUT2D eigenvalue weighted by atomic mass is 10.2. The molecule has 1 aromatic heterocycles. The summed E-state index contributed by atoms with van der Waals surface area (Å²) in [7, 11) is 1.66. The van der Waals surface area contributed by atoms with Crippen molar-refractivity contribution in [2.24, 2.45) is 0 Å². The summed E-state index contributed by atoms with van der Waals surface area (Å²) in [6.45, 7) is 4.64. The monoisotopic (exact) mass is 452 g/mol. The van der Waals surface area contributed by atoms with Gasteiger partial charge in [-0.3, -0.25) is 4.79 Å². The summed E-state index contributed by atoms with van der Waals surface area (Å²) in [4.78, 5) is 25.7. The van der Waals surface area contributed by atoms with Crippen molar-refractivity contribution in [3.8, 4) is 23.0 Å². The van der Waals surface area contributed by atoms with E-state index in [0.717, 1.165) is 35.8 Å². The Morgan fingerprint density at radius 3 is 2.34 bits per heavy atom. The number of aryl methyl sites for hydroxylation is 1. The first-order chi connectivity index (χ1) is 15.5. The molecular formula is C24H25ClN4O3. The second-order valence-electron chi connectivity index (χ2n) is 7.53. The maximum Gasteiger partial charge on any atom is 0.260 e. The quantitative estimate of drug-likeness (QED) is 0.566. The molecule has 8 heteroatoms. The molecule has 0 bridgehead atoms. The number of amides is 1. The maximum atomic E-state index is 12.7. The molecule has 1 amide bonds. The molecule has 0 unspecified atom stereocenters. The zero-order valence-electron chi connectivity index (χ0n) is 18.1. The highest BCUT2D eigenvalue weighted by molar-refractivity contribution is 6.30. The largest absolute Gasteiger partial charge is 0.497 e. The Hall–Kier alpha value is -3.32. The number of carbonyl (C=O) groups excluding carboxylic acids is 1. The second-order valence-corrected chi connectivity index (χ2v) is 7.97. The number of nitrogens with zero attached hydrogens (tertiary/aromatic N) is 4. The Balaban J connectivity index is 1.32. The average molecular weight is 453 g/mol. The molecule has 0 N–H and O–H groups in total. The van der Waals surface area contributed by atoms with Crippen LogP contribution in [0, 0.1) is 6.92 Å². The Morgan fingerprint density at radius 2 is 1.69 bits per heavy atom. The van der Waals surface area contributed by atoms with Crippen LogP contribution in [0.15, 0.2) is 54.6 Å². The molecule has 0 saturated carbocycles. The molecule has 1 fully saturated rings. The lowest BCUT2D eigenvalue weighted by Gasteiger charge is -2.36. The summed E-state index contributed by atoms with van der Waals surface area (Å²) in [5, 5.41) is 0.649. The number of hydrogen-bond acceptors (Lipinski definition) is 6. The second kappa shape index (κ2) is 9.87. The molecule has 4 rings (SSSR count). The minimum atomic E-state index is -0.0565. The van der Waals surface area contributed by atoms with E-state index in [1.165, 1.54) is 0 Å². The van der Waals surface area contributed by atoms with Crippen LogP contribution in [0.1, 0.15) is 5.69 Å². The maximum absolute atomic E-state index is 12.7. The predicted octanol–water partition coefficient (Wildman–Crippen LogP) is 3.84. The topological polar surface area (TPSA) is 67.8 Å². The van der Waals surface area contributed by atoms with Crippen molar-refractivity contribution in [2.45, 2.75) is 6.92 Å². The molecule has 0 aliphatic carbocycles. The van der Waals surface area contributed by atoms with Gasteiger partial charge in [-0.25, -0.2) is 4.98 Å². The highest BCUT2D eigenvalue weighted by Gasteiger charge is 2.22. The molecule has 1 aliphatic heterocycles. The van der Waals surface area contributed by atoms with Gasteiger partial charge in [0.2, 0.25) is 5.88 Å². The zero-order valence-corrected chi connectivity index (χ0v) is 18.9. The number of ether oxygens (including phenoxy) is 2. The third kappa shape index (κ3) is 5.29. The summed E-state index contributed by atoms with van der Waals surface area (Å²) in [5.74, 6) is 1.70. The van der Waals surface area contributed by atoms with Crippen LogP contribution in [0.4, 0.5) is 5.69 Å². The van der Waals surface area contributed by atoms with Crippen LogP contribution in [-0.4, -0.2) is 60.7 Å². The van der Waals surface area contributed by atoms with Gasteiger partial charge in [-0.2, -0.15) is 4.98 Å². The third-order valence-corrected chi connectivity index (χ3v) is 5.60. The van der Waals surface area contributed by atoms with Crippen molar-refractivity contribution >= 4 is 23.2 Å². The fraction of sp³-hybridized carbons (Fsp3) is 0.292. The van der Waals surface area contributed by atoms with E-state index >= 15 is 0 Å². The Kier molecular flexibility index (Phi) is 6.75. The molecule has 0 atom stereocenters. The van der Waals surface area contributed by atoms with Crippen molar-refractivity contribution in [3.63, 3.8) is 0 Å². The number of anilines is 1. The smallest absolute Gasteiger partial charge is 0.260 e. The van der Waals surface area contributed by atoms with Gasteiger partial charge in [-0.15, -0.1) is 0 Å². The first-order valence-electron chi connectivity index (χ1n) is 10.4. The van der Waals surface area contributed by atoms with Gasteiger partial charge >= 0.3 is 0 Å². The average Bonchev–Trinajstić information content (AvgIpc) is 2.83. The third-order valence-electron chi connectivity index (χ3n) is 5.35. The zero-order chi connectivity index (χ0) is 22.5. The van der Waals surface area contributed by atoms with E-state index in [1.54, 1.807) is 25.3 Å². The first-order valence-corrected chi connectivity index (χ1v) is 10.8. The number of halogens is 1. The van der Waals surface area contributed by atoms with Gasteiger partial charge in [0.05, 0.1) is 7.11 Å². The van der Waals surface area contributed by atoms with Gasteiger partial charge in [0.1, 0.15) is 5.75 Å². The number of piperazine rings is 1. The summed E-state index contributed by atoms with van der Waals surface area (Å²) >= 11 is 5.96. The van der Waals surface area contributed by atoms with E-state index < -0.39 is 0 Å². The van der Waals surface area contributed by atoms with E-state index in [2.05, 4.69) is 14.9 Å². The van der Waals surface area contributed by atoms with Gasteiger partial charge in [0.25, 0.3) is 5.91 Å². The van der Waals surface area contributed by atoms with E-state index in [9.17, 15) is 4.79 Å². The van der Waals surface area contributed by atoms with Crippen molar-refractivity contribution in [1.82, 2.24) is 14.9 Å². The van der Waals surface area contributed by atoms with Crippen LogP contribution in [0.2, 0.25) is 5.02 Å². The van der Waals surface area contributed by atoms with Gasteiger partial charge in [0.15, 0.2) is 12.4 Å². The van der Waals surface area contributed by atoms with E-state index in [-0.39, 0.29) is 12.5 Å². The number of benzene rings is 2. The highest BCUT2D eigenvalue weighted by Crippen LogP contribution is 2.22. The van der Waals surface area contributed by atoms with Crippen LogP contribution in [0.3, 0.4) is 0 Å². The molecule has 3 aromatic rings. The van der Waals surface area contributed by atoms with E-state index in [4.69, 9.17) is 21.1 Å². The molecule has 0 spiro atoms. The molecule has 32 heavy (non-hydrogen) atoms. The Bertz CT molecular complexity index is 1070. The molecule has 1 saturated heterocycles. The number of rotatable bonds is 6. The summed E-state index contributed by atoms with van der Waals surface area (Å²) < 4.78 is 10.9. The highest BCUT2D eigenvalue weighted by atomic mass is 35.5. The number of carbonyl (C=O) groups is 1. The molecule has 1 aliphatic rings. The van der Waals surface area contributed by atoms with Crippen molar-refractivity contribution in [3.05, 3.63) is 65.3 Å². The molecule has 2 heterocycles. The molecular weight excluding hydrogens is 428 g/mol. The lowest BCUT2D eigenvalue weighted by Crippen LogP contribution is -2.50. The first kappa shape index (κ1) is 21.9. The normalized spacial score (nSPS) is 13.7. The van der Waals surface area contributed by atoms with Crippen molar-refractivity contribution in [2.75, 3.05) is 44.8 Å². The Morgan fingerprint density at radius 1 is 1.00 bits per heavy atom. The standard InChI is InChI=1S/C24H25ClN4O3/c1-17-15-22(27-24(26-17)18-3-5-19(25)6-4-18)32-16-23(30)29-13-11-28(12-14-29)20-7-9-21(31-2)10-8-20/h3-10,15H,11-14,16H2,1-2H3. The number of methoxy groups -OCH3 is 1. The summed E-state index contributed by atoms with van der Waals surface area (Å²) in [6, 6.07) is 17.0. The van der Waals surface area contributed by atoms with Crippen LogP contribution >= 0.6 is 11.6 Å². The van der Waals surface area contributed by atoms with Crippen LogP contribution in [0.5, 0.6) is 11.6 Å². The van der Waals surface area contributed by atoms with Gasteiger partial charge < -0.3 is 19.3 Å². The summed E-state index contributed by atoms with van der Waals surface area (Å²) in [6.07, 6.45) is 0. The van der Waals surface area contributed by atoms with E-state index in [1.807, 2.05) is 48.2 Å². The van der Waals surface area contributed by atoms with Crippen LogP contribution in [0.25, 0.3) is 11.4 Å². The molecule has 166 valence electrons. The molecule has 7 nitrogen and oxygen atoms in total. The van der Waals surface area contributed by atoms with Gasteiger partial charge in [-0.1, -0.05) is 11.6 Å². The van der Waals surface area contributed by atoms with Crippen LogP contribution < -0.4 is 14.4 Å². The molecule has 2 aromatic carbocycles. The van der Waals surface area contributed by atoms with Gasteiger partial charge in [-0.05, 0) is 55.5 Å². The molecule has 0 radical (unpaired) electrons. The Labute approximate surface area is 192 Å². The minimum absolute atomic E-state index is 0.0521. The predicted molar refractivity (Wildman–Crippen MR) is 124 cm³/mol. The fourth-order valence-electron chi connectivity index (χ4n) is 3.58. The number of aromatic nitrogens is 2. The lowest BCUT2D eigenvalue weighted by molar-refractivity contribution is -0.133. The fourth-order valence-corrected chi connectivity index (χ4v) is 3.70.